The van der Waals surface area contributed by atoms with Gasteiger partial charge in [-0.25, -0.2) is 0 Å². The summed E-state index contributed by atoms with van der Waals surface area (Å²) in [5.41, 5.74) is 0.944. The van der Waals surface area contributed by atoms with E-state index < -0.39 is 17.8 Å². The Hall–Kier alpha value is -2.60. The van der Waals surface area contributed by atoms with Crippen LogP contribution in [-0.4, -0.2) is 5.97 Å². The number of nitriles is 1. The van der Waals surface area contributed by atoms with Gasteiger partial charge in [-0.2, -0.15) is 5.26 Å². The zero-order chi connectivity index (χ0) is 14.1. The summed E-state index contributed by atoms with van der Waals surface area (Å²) in [6.45, 7) is 6.90. The number of ether oxygens (including phenoxy) is 1. The topological polar surface area (TPSA) is 50.1 Å². The molecule has 0 aromatic heterocycles. The molecule has 2 atom stereocenters. The smallest absolute Gasteiger partial charge is 0.319 e. The maximum absolute atomic E-state index is 11.8. The molecule has 1 rings (SSSR count). The molecule has 96 valence electrons. The van der Waals surface area contributed by atoms with Crippen molar-refractivity contribution < 1.29 is 9.53 Å². The summed E-state index contributed by atoms with van der Waals surface area (Å²) < 4.78 is 4.75. The van der Waals surface area contributed by atoms with E-state index in [0.717, 1.165) is 11.8 Å². The van der Waals surface area contributed by atoms with Crippen LogP contribution >= 0.6 is 0 Å². The summed E-state index contributed by atoms with van der Waals surface area (Å²) in [5, 5.41) is 9.02. The number of benzene rings is 1. The molecule has 0 N–H and O–H groups in total. The lowest BCUT2D eigenvalue weighted by Gasteiger charge is -2.12. The largest absolute Gasteiger partial charge is 0.435 e. The zero-order valence-electron chi connectivity index (χ0n) is 10.5. The van der Waals surface area contributed by atoms with Crippen LogP contribution < -0.4 is 0 Å². The van der Waals surface area contributed by atoms with Crippen molar-refractivity contribution in [2.75, 3.05) is 0 Å². The molecule has 2 unspecified atom stereocenters. The zero-order valence-corrected chi connectivity index (χ0v) is 10.5. The molecule has 0 aliphatic carbocycles. The standard InChI is InChI=1S/C16H15NO2/c1-3-14(12-17)15(16(18)19-4-2)11-10-13-8-6-5-7-9-13/h3-11,14-15H,1-2H2. The van der Waals surface area contributed by atoms with Crippen LogP contribution in [0.5, 0.6) is 0 Å². The summed E-state index contributed by atoms with van der Waals surface area (Å²) in [4.78, 5) is 11.8. The highest BCUT2D eigenvalue weighted by atomic mass is 16.5. The fourth-order valence-electron chi connectivity index (χ4n) is 1.56. The lowest BCUT2D eigenvalue weighted by molar-refractivity contribution is -0.141. The maximum Gasteiger partial charge on any atom is 0.319 e. The second-order valence-electron chi connectivity index (χ2n) is 3.79. The average Bonchev–Trinajstić information content (AvgIpc) is 2.44. The minimum absolute atomic E-state index is 0.520. The van der Waals surface area contributed by atoms with Gasteiger partial charge in [-0.15, -0.1) is 6.58 Å². The van der Waals surface area contributed by atoms with Gasteiger partial charge in [-0.3, -0.25) is 4.79 Å². The number of allylic oxidation sites excluding steroid dienone is 1. The highest BCUT2D eigenvalue weighted by Gasteiger charge is 2.24. The molecule has 1 aromatic rings. The molecule has 0 saturated carbocycles. The monoisotopic (exact) mass is 253 g/mol. The molecule has 0 amide bonds. The van der Waals surface area contributed by atoms with Crippen molar-refractivity contribution in [3.05, 3.63) is 67.5 Å². The molecule has 0 fully saturated rings. The van der Waals surface area contributed by atoms with Crippen LogP contribution in [0.15, 0.2) is 61.9 Å². The maximum atomic E-state index is 11.8. The van der Waals surface area contributed by atoms with Crippen molar-refractivity contribution in [3.63, 3.8) is 0 Å². The van der Waals surface area contributed by atoms with Gasteiger partial charge in [0.1, 0.15) is 0 Å². The first kappa shape index (κ1) is 14.5. The molecule has 0 spiro atoms. The molecule has 0 bridgehead atoms. The average molecular weight is 253 g/mol. The van der Waals surface area contributed by atoms with Crippen LogP contribution in [0.25, 0.3) is 6.08 Å². The molecule has 19 heavy (non-hydrogen) atoms. The molecule has 3 nitrogen and oxygen atoms in total. The Morgan fingerprint density at radius 3 is 2.53 bits per heavy atom. The SMILES string of the molecule is C=COC(=O)C(C=Cc1ccccc1)C(C#N)C=C. The fourth-order valence-corrected chi connectivity index (χ4v) is 1.56. The molecule has 0 aliphatic rings. The summed E-state index contributed by atoms with van der Waals surface area (Å²) in [6, 6.07) is 11.5. The van der Waals surface area contributed by atoms with Gasteiger partial charge in [0.25, 0.3) is 0 Å². The number of carbonyl (C=O) groups excluding carboxylic acids is 1. The van der Waals surface area contributed by atoms with Crippen LogP contribution in [0, 0.1) is 23.2 Å². The lowest BCUT2D eigenvalue weighted by Crippen LogP contribution is -2.20. The van der Waals surface area contributed by atoms with E-state index in [0.29, 0.717) is 0 Å². The first-order valence-corrected chi connectivity index (χ1v) is 5.79. The van der Waals surface area contributed by atoms with Gasteiger partial charge in [0, 0.05) is 0 Å². The van der Waals surface area contributed by atoms with Crippen molar-refractivity contribution in [1.29, 1.82) is 5.26 Å². The molecular weight excluding hydrogens is 238 g/mol. The van der Waals surface area contributed by atoms with Crippen molar-refractivity contribution in [2.45, 2.75) is 0 Å². The first-order valence-electron chi connectivity index (χ1n) is 5.79. The second kappa shape index (κ2) is 7.67. The number of esters is 1. The summed E-state index contributed by atoms with van der Waals surface area (Å²) >= 11 is 0. The van der Waals surface area contributed by atoms with E-state index in [4.69, 9.17) is 10.00 Å². The van der Waals surface area contributed by atoms with Gasteiger partial charge >= 0.3 is 5.97 Å². The minimum atomic E-state index is -0.694. The van der Waals surface area contributed by atoms with E-state index in [1.165, 1.54) is 6.08 Å². The quantitative estimate of drug-likeness (QED) is 0.444. The number of rotatable bonds is 6. The summed E-state index contributed by atoms with van der Waals surface area (Å²) in [6.07, 6.45) is 5.92. The van der Waals surface area contributed by atoms with Gasteiger partial charge in [0.2, 0.25) is 0 Å². The Bertz CT molecular complexity index is 511. The van der Waals surface area contributed by atoms with E-state index in [2.05, 4.69) is 13.2 Å². The first-order chi connectivity index (χ1) is 9.22. The fraction of sp³-hybridized carbons (Fsp3) is 0.125. The van der Waals surface area contributed by atoms with Crippen molar-refractivity contribution in [3.8, 4) is 6.07 Å². The molecule has 0 saturated heterocycles. The third kappa shape index (κ3) is 4.29. The Morgan fingerprint density at radius 1 is 1.32 bits per heavy atom. The molecule has 1 aromatic carbocycles. The van der Waals surface area contributed by atoms with E-state index in [1.54, 1.807) is 12.2 Å². The number of hydrogen-bond donors (Lipinski definition) is 0. The van der Waals surface area contributed by atoms with Gasteiger partial charge < -0.3 is 4.74 Å². The van der Waals surface area contributed by atoms with Gasteiger partial charge in [0.05, 0.1) is 24.2 Å². The lowest BCUT2D eigenvalue weighted by atomic mass is 9.92. The van der Waals surface area contributed by atoms with E-state index in [-0.39, 0.29) is 0 Å². The molecule has 3 heteroatoms. The van der Waals surface area contributed by atoms with E-state index in [1.807, 2.05) is 36.4 Å². The number of hydrogen-bond acceptors (Lipinski definition) is 3. The number of carbonyl (C=O) groups is 1. The predicted molar refractivity (Wildman–Crippen MR) is 74.6 cm³/mol. The summed E-state index contributed by atoms with van der Waals surface area (Å²) in [5.74, 6) is -1.85. The van der Waals surface area contributed by atoms with E-state index in [9.17, 15) is 4.79 Å². The Labute approximate surface area is 113 Å². The highest BCUT2D eigenvalue weighted by Crippen LogP contribution is 2.18. The predicted octanol–water partition coefficient (Wildman–Crippen LogP) is 3.33. The minimum Gasteiger partial charge on any atom is -0.435 e. The van der Waals surface area contributed by atoms with Gasteiger partial charge in [-0.1, -0.05) is 55.1 Å². The third-order valence-corrected chi connectivity index (χ3v) is 2.56. The van der Waals surface area contributed by atoms with Gasteiger partial charge in [-0.05, 0) is 5.56 Å². The molecule has 0 aliphatic heterocycles. The molecule has 0 radical (unpaired) electrons. The molecule has 0 heterocycles. The van der Waals surface area contributed by atoms with Crippen molar-refractivity contribution in [1.82, 2.24) is 0 Å². The Kier molecular flexibility index (Phi) is 5.84. The van der Waals surface area contributed by atoms with Crippen LogP contribution in [0.2, 0.25) is 0 Å². The van der Waals surface area contributed by atoms with Crippen molar-refractivity contribution in [2.24, 2.45) is 11.8 Å². The van der Waals surface area contributed by atoms with Crippen molar-refractivity contribution >= 4 is 12.0 Å². The van der Waals surface area contributed by atoms with Crippen LogP contribution in [0.4, 0.5) is 0 Å². The van der Waals surface area contributed by atoms with Gasteiger partial charge in [0.15, 0.2) is 0 Å². The third-order valence-electron chi connectivity index (χ3n) is 2.56. The normalized spacial score (nSPS) is 13.2. The van der Waals surface area contributed by atoms with Crippen LogP contribution in [0.1, 0.15) is 5.56 Å². The van der Waals surface area contributed by atoms with Crippen LogP contribution in [0.3, 0.4) is 0 Å². The highest BCUT2D eigenvalue weighted by molar-refractivity contribution is 5.77. The van der Waals surface area contributed by atoms with E-state index >= 15 is 0 Å². The molecular formula is C16H15NO2. The Morgan fingerprint density at radius 2 is 2.00 bits per heavy atom. The Balaban J connectivity index is 2.94. The van der Waals surface area contributed by atoms with Crippen LogP contribution in [-0.2, 0) is 9.53 Å². The second-order valence-corrected chi connectivity index (χ2v) is 3.79. The summed E-state index contributed by atoms with van der Waals surface area (Å²) in [7, 11) is 0. The number of nitrogens with zero attached hydrogens (tertiary/aromatic N) is 1.